The van der Waals surface area contributed by atoms with E-state index in [1.165, 1.54) is 12.1 Å². The molecule has 0 fully saturated rings. The molecule has 1 atom stereocenters. The Hall–Kier alpha value is -2.40. The van der Waals surface area contributed by atoms with Crippen molar-refractivity contribution >= 4 is 35.8 Å². The van der Waals surface area contributed by atoms with E-state index in [4.69, 9.17) is 15.2 Å². The Balaban J connectivity index is 0.00000512. The number of methoxy groups -OCH3 is 1. The maximum atomic E-state index is 13.1. The van der Waals surface area contributed by atoms with Gasteiger partial charge in [0.2, 0.25) is 5.91 Å². The first-order valence-corrected chi connectivity index (χ1v) is 10.1. The lowest BCUT2D eigenvalue weighted by molar-refractivity contribution is -0.121. The van der Waals surface area contributed by atoms with Crippen molar-refractivity contribution in [3.8, 4) is 5.75 Å². The van der Waals surface area contributed by atoms with Gasteiger partial charge in [-0.3, -0.25) is 9.79 Å². The maximum absolute atomic E-state index is 13.1. The van der Waals surface area contributed by atoms with Gasteiger partial charge in [0.15, 0.2) is 5.96 Å². The highest BCUT2D eigenvalue weighted by Gasteiger charge is 2.17. The third kappa shape index (κ3) is 9.39. The minimum atomic E-state index is -0.462. The van der Waals surface area contributed by atoms with Crippen LogP contribution in [0.3, 0.4) is 0 Å². The lowest BCUT2D eigenvalue weighted by Gasteiger charge is -2.18. The van der Waals surface area contributed by atoms with Gasteiger partial charge >= 0.3 is 0 Å². The Kier molecular flexibility index (Phi) is 12.6. The lowest BCUT2D eigenvalue weighted by atomic mass is 9.98. The quantitative estimate of drug-likeness (QED) is 0.171. The zero-order valence-corrected chi connectivity index (χ0v) is 21.0. The molecule has 0 heterocycles. The predicted octanol–water partition coefficient (Wildman–Crippen LogP) is 2.79. The number of hydrogen-bond donors (Lipinski definition) is 3. The molecule has 0 radical (unpaired) electrons. The van der Waals surface area contributed by atoms with Crippen molar-refractivity contribution in [2.75, 3.05) is 33.9 Å². The summed E-state index contributed by atoms with van der Waals surface area (Å²) < 4.78 is 24.0. The zero-order valence-electron chi connectivity index (χ0n) is 18.7. The van der Waals surface area contributed by atoms with Gasteiger partial charge in [0.25, 0.3) is 0 Å². The van der Waals surface area contributed by atoms with Gasteiger partial charge < -0.3 is 25.8 Å². The van der Waals surface area contributed by atoms with E-state index in [9.17, 15) is 9.18 Å². The molecule has 4 N–H and O–H groups in total. The summed E-state index contributed by atoms with van der Waals surface area (Å²) in [7, 11) is 3.28. The second kappa shape index (κ2) is 14.6. The molecule has 7 nitrogen and oxygen atoms in total. The largest absolute Gasteiger partial charge is 0.491 e. The van der Waals surface area contributed by atoms with E-state index in [1.807, 2.05) is 25.1 Å². The number of hydrogen-bond acceptors (Lipinski definition) is 4. The molecule has 0 aliphatic rings. The molecule has 0 bridgehead atoms. The Morgan fingerprint density at radius 3 is 2.50 bits per heavy atom. The monoisotopic (exact) mass is 558 g/mol. The highest BCUT2D eigenvalue weighted by atomic mass is 127. The first-order valence-electron chi connectivity index (χ1n) is 10.1. The average molecular weight is 558 g/mol. The molecule has 0 saturated carbocycles. The van der Waals surface area contributed by atoms with Crippen LogP contribution >= 0.6 is 24.0 Å². The normalized spacial score (nSPS) is 11.9. The van der Waals surface area contributed by atoms with Gasteiger partial charge in [-0.25, -0.2) is 4.39 Å². The number of nitrogens with two attached hydrogens (primary N) is 1. The molecule has 2 aromatic rings. The summed E-state index contributed by atoms with van der Waals surface area (Å²) in [5, 5.41) is 6.37. The van der Waals surface area contributed by atoms with Crippen LogP contribution in [0.15, 0.2) is 47.5 Å². The Bertz CT molecular complexity index is 878. The summed E-state index contributed by atoms with van der Waals surface area (Å²) in [4.78, 5) is 16.1. The molecule has 176 valence electrons. The molecule has 9 heteroatoms. The maximum Gasteiger partial charge on any atom is 0.222 e. The van der Waals surface area contributed by atoms with Crippen molar-refractivity contribution in [3.63, 3.8) is 0 Å². The number of primary amides is 1. The predicted molar refractivity (Wildman–Crippen MR) is 135 cm³/mol. The lowest BCUT2D eigenvalue weighted by Crippen LogP contribution is -2.42. The van der Waals surface area contributed by atoms with E-state index in [1.54, 1.807) is 26.3 Å². The Morgan fingerprint density at radius 1 is 1.16 bits per heavy atom. The molecule has 0 saturated heterocycles. The fourth-order valence-corrected chi connectivity index (χ4v) is 2.97. The van der Waals surface area contributed by atoms with Gasteiger partial charge in [-0.2, -0.15) is 0 Å². The molecule has 0 aliphatic carbocycles. The summed E-state index contributed by atoms with van der Waals surface area (Å²) in [5.74, 6) is 0.111. The molecule has 0 spiro atoms. The molecular weight excluding hydrogens is 526 g/mol. The van der Waals surface area contributed by atoms with Crippen LogP contribution in [0, 0.1) is 18.7 Å². The van der Waals surface area contributed by atoms with Crippen molar-refractivity contribution in [3.05, 3.63) is 65.0 Å². The van der Waals surface area contributed by atoms with Gasteiger partial charge in [-0.15, -0.1) is 24.0 Å². The number of halogens is 2. The van der Waals surface area contributed by atoms with Crippen molar-refractivity contribution in [2.45, 2.75) is 19.9 Å². The van der Waals surface area contributed by atoms with Crippen molar-refractivity contribution < 1.29 is 18.7 Å². The third-order valence-electron chi connectivity index (χ3n) is 4.75. The summed E-state index contributed by atoms with van der Waals surface area (Å²) in [6.45, 7) is 3.76. The molecule has 0 aliphatic heterocycles. The van der Waals surface area contributed by atoms with Crippen LogP contribution in [-0.4, -0.2) is 45.8 Å². The fourth-order valence-electron chi connectivity index (χ4n) is 2.97. The third-order valence-corrected chi connectivity index (χ3v) is 4.75. The Morgan fingerprint density at radius 2 is 1.88 bits per heavy atom. The van der Waals surface area contributed by atoms with Crippen molar-refractivity contribution in [1.82, 2.24) is 10.6 Å². The number of rotatable bonds is 11. The smallest absolute Gasteiger partial charge is 0.222 e. The molecule has 2 aromatic carbocycles. The van der Waals surface area contributed by atoms with E-state index >= 15 is 0 Å². The second-order valence-corrected chi connectivity index (χ2v) is 7.19. The van der Waals surface area contributed by atoms with E-state index < -0.39 is 11.8 Å². The second-order valence-electron chi connectivity index (χ2n) is 7.19. The number of aliphatic imine (C=N–C) groups is 1. The summed E-state index contributed by atoms with van der Waals surface area (Å²) in [5.41, 5.74) is 8.47. The van der Waals surface area contributed by atoms with Crippen LogP contribution in [-0.2, 0) is 22.5 Å². The number of nitrogens with one attached hydrogen (secondary N) is 2. The number of nitrogens with zero attached hydrogens (tertiary/aromatic N) is 1. The summed E-state index contributed by atoms with van der Waals surface area (Å²) in [6.07, 6.45) is 0.412. The van der Waals surface area contributed by atoms with Crippen LogP contribution in [0.1, 0.15) is 16.7 Å². The van der Waals surface area contributed by atoms with E-state index in [0.717, 1.165) is 22.4 Å². The van der Waals surface area contributed by atoms with E-state index in [2.05, 4.69) is 15.6 Å². The number of carbonyl (C=O) groups excluding carboxylic acids is 1. The van der Waals surface area contributed by atoms with Crippen molar-refractivity contribution in [2.24, 2.45) is 16.6 Å². The molecule has 1 amide bonds. The van der Waals surface area contributed by atoms with E-state index in [0.29, 0.717) is 38.7 Å². The van der Waals surface area contributed by atoms with Crippen LogP contribution in [0.2, 0.25) is 0 Å². The first-order chi connectivity index (χ1) is 14.9. The average Bonchev–Trinajstić information content (AvgIpc) is 2.75. The van der Waals surface area contributed by atoms with E-state index in [-0.39, 0.29) is 29.8 Å². The first kappa shape index (κ1) is 27.6. The summed E-state index contributed by atoms with van der Waals surface area (Å²) >= 11 is 0. The number of benzene rings is 2. The number of aryl methyl sites for hydroxylation is 1. The number of amides is 1. The fraction of sp³-hybridized carbons (Fsp3) is 0.391. The van der Waals surface area contributed by atoms with Gasteiger partial charge in [0.05, 0.1) is 12.5 Å². The van der Waals surface area contributed by atoms with Gasteiger partial charge in [-0.05, 0) is 42.7 Å². The van der Waals surface area contributed by atoms with Gasteiger partial charge in [0.1, 0.15) is 18.2 Å². The molecule has 2 rings (SSSR count). The molecule has 0 aromatic heterocycles. The van der Waals surface area contributed by atoms with Crippen molar-refractivity contribution in [1.29, 1.82) is 0 Å². The molecule has 1 unspecified atom stereocenters. The highest BCUT2D eigenvalue weighted by Crippen LogP contribution is 2.20. The number of guanidine groups is 1. The van der Waals surface area contributed by atoms with Crippen LogP contribution in [0.4, 0.5) is 4.39 Å². The minimum absolute atomic E-state index is 0. The highest BCUT2D eigenvalue weighted by molar-refractivity contribution is 14.0. The van der Waals surface area contributed by atoms with Crippen LogP contribution in [0.5, 0.6) is 5.75 Å². The molecular formula is C23H32FIN4O3. The zero-order chi connectivity index (χ0) is 22.6. The van der Waals surface area contributed by atoms with Crippen LogP contribution in [0.25, 0.3) is 0 Å². The standard InChI is InChI=1S/C23H31FN4O3.HI/c1-16-4-7-18(21(12-16)31-11-10-30-3)14-27-23(26-2)28-15-19(22(25)29)13-17-5-8-20(24)9-6-17;/h4-9,12,19H,10-11,13-15H2,1-3H3,(H2,25,29)(H2,26,27,28);1H. The minimum Gasteiger partial charge on any atom is -0.491 e. The SMILES string of the molecule is CN=C(NCc1ccc(C)cc1OCCOC)NCC(Cc1ccc(F)cc1)C(N)=O.I. The summed E-state index contributed by atoms with van der Waals surface area (Å²) in [6, 6.07) is 12.0. The number of carbonyl (C=O) groups is 1. The Labute approximate surface area is 206 Å². The number of ether oxygens (including phenoxy) is 2. The topological polar surface area (TPSA) is 98.0 Å². The van der Waals surface area contributed by atoms with Gasteiger partial charge in [-0.1, -0.05) is 24.3 Å². The van der Waals surface area contributed by atoms with Crippen LogP contribution < -0.4 is 21.1 Å². The molecule has 32 heavy (non-hydrogen) atoms. The van der Waals surface area contributed by atoms with Gasteiger partial charge in [0, 0.05) is 32.8 Å².